The predicted octanol–water partition coefficient (Wildman–Crippen LogP) is 2.06. The average molecular weight is 371 g/mol. The van der Waals surface area contributed by atoms with Crippen LogP contribution in [-0.4, -0.2) is 26.7 Å². The van der Waals surface area contributed by atoms with Crippen molar-refractivity contribution in [2.75, 3.05) is 13.2 Å². The number of hydrogen-bond acceptors (Lipinski definition) is 6. The van der Waals surface area contributed by atoms with Gasteiger partial charge in [-0.05, 0) is 42.2 Å². The van der Waals surface area contributed by atoms with E-state index in [0.29, 0.717) is 30.3 Å². The average Bonchev–Trinajstić information content (AvgIpc) is 3.04. The molecule has 0 amide bonds. The van der Waals surface area contributed by atoms with Crippen LogP contribution >= 0.6 is 11.5 Å². The van der Waals surface area contributed by atoms with E-state index in [0.717, 1.165) is 20.2 Å². The second-order valence-corrected chi connectivity index (χ2v) is 7.06. The van der Waals surface area contributed by atoms with Gasteiger partial charge in [0.25, 0.3) is 5.56 Å². The molecule has 0 bridgehead atoms. The third-order valence-corrected chi connectivity index (χ3v) is 5.24. The number of rotatable bonds is 2. The number of benzene rings is 1. The van der Waals surface area contributed by atoms with Crippen LogP contribution in [0.4, 0.5) is 0 Å². The fraction of sp³-hybridized carbons (Fsp3) is 0.278. The summed E-state index contributed by atoms with van der Waals surface area (Å²) in [5, 5.41) is 0.805. The maximum atomic E-state index is 12.6. The van der Waals surface area contributed by atoms with Gasteiger partial charge >= 0.3 is 5.69 Å². The smallest absolute Gasteiger partial charge is 0.335 e. The van der Waals surface area contributed by atoms with E-state index in [2.05, 4.69) is 11.0 Å². The summed E-state index contributed by atoms with van der Waals surface area (Å²) in [6.07, 6.45) is -0.581. The van der Waals surface area contributed by atoms with Crippen LogP contribution in [0.1, 0.15) is 17.7 Å². The summed E-state index contributed by atoms with van der Waals surface area (Å²) in [6, 6.07) is 6.81. The highest BCUT2D eigenvalue weighted by Gasteiger charge is 2.24. The first-order valence-electron chi connectivity index (χ1n) is 8.05. The Morgan fingerprint density at radius 3 is 2.69 bits per heavy atom. The summed E-state index contributed by atoms with van der Waals surface area (Å²) in [5.41, 5.74) is 1.87. The van der Waals surface area contributed by atoms with Gasteiger partial charge in [-0.15, -0.1) is 0 Å². The van der Waals surface area contributed by atoms with Crippen LogP contribution in [0.2, 0.25) is 0 Å². The van der Waals surface area contributed by atoms with Crippen molar-refractivity contribution >= 4 is 21.6 Å². The first-order chi connectivity index (χ1) is 12.5. The maximum Gasteiger partial charge on any atom is 0.335 e. The second kappa shape index (κ2) is 6.31. The van der Waals surface area contributed by atoms with E-state index in [1.807, 2.05) is 6.07 Å². The van der Waals surface area contributed by atoms with Crippen molar-refractivity contribution in [1.29, 1.82) is 0 Å². The molecular weight excluding hydrogens is 354 g/mol. The van der Waals surface area contributed by atoms with Gasteiger partial charge in [-0.1, -0.05) is 6.58 Å². The van der Waals surface area contributed by atoms with E-state index in [9.17, 15) is 9.59 Å². The molecule has 0 saturated carbocycles. The highest BCUT2D eigenvalue weighted by molar-refractivity contribution is 7.13. The van der Waals surface area contributed by atoms with Crippen LogP contribution in [0.5, 0.6) is 0 Å². The maximum absolute atomic E-state index is 12.6. The number of fused-ring (bicyclic) bond motifs is 1. The fourth-order valence-corrected chi connectivity index (χ4v) is 3.63. The molecule has 1 saturated heterocycles. The number of aryl methyl sites for hydroxylation is 1. The molecule has 1 aliphatic rings. The van der Waals surface area contributed by atoms with E-state index in [4.69, 9.17) is 9.47 Å². The Hall–Kier alpha value is -2.55. The van der Waals surface area contributed by atoms with Crippen molar-refractivity contribution in [3.8, 4) is 5.69 Å². The van der Waals surface area contributed by atoms with Crippen LogP contribution < -0.4 is 11.2 Å². The van der Waals surface area contributed by atoms with Crippen molar-refractivity contribution < 1.29 is 9.47 Å². The summed E-state index contributed by atoms with van der Waals surface area (Å²) >= 11 is 1.32. The summed E-state index contributed by atoms with van der Waals surface area (Å²) in [4.78, 5) is 24.9. The Labute approximate surface area is 152 Å². The topological polar surface area (TPSA) is 75.4 Å². The lowest BCUT2D eigenvalue weighted by Crippen LogP contribution is -2.38. The van der Waals surface area contributed by atoms with E-state index in [1.165, 1.54) is 22.2 Å². The van der Waals surface area contributed by atoms with Crippen molar-refractivity contribution in [2.24, 2.45) is 7.05 Å². The standard InChI is InChI=1S/C18H17N3O4S/c1-10-8-24-17(25-9-10)16-13-7-12(4-5-14(13)26-19-16)21-15(22)6-11(2)20(3)18(21)23/h4-7,17H,1,8-9H2,2-3H3. The summed E-state index contributed by atoms with van der Waals surface area (Å²) in [7, 11) is 1.64. The SMILES string of the molecule is C=C1COC(c2nsc3ccc(-n4c(=O)cc(C)n(C)c4=O)cc23)OC1. The largest absolute Gasteiger partial charge is 0.342 e. The molecule has 1 aromatic carbocycles. The zero-order valence-electron chi connectivity index (χ0n) is 14.4. The molecule has 26 heavy (non-hydrogen) atoms. The van der Waals surface area contributed by atoms with Crippen LogP contribution in [-0.2, 0) is 16.5 Å². The van der Waals surface area contributed by atoms with E-state index < -0.39 is 6.29 Å². The Balaban J connectivity index is 1.85. The van der Waals surface area contributed by atoms with E-state index >= 15 is 0 Å². The Morgan fingerprint density at radius 1 is 1.23 bits per heavy atom. The Morgan fingerprint density at radius 2 is 1.96 bits per heavy atom. The molecule has 0 radical (unpaired) electrons. The normalized spacial score (nSPS) is 15.7. The van der Waals surface area contributed by atoms with Crippen LogP contribution in [0, 0.1) is 6.92 Å². The fourth-order valence-electron chi connectivity index (χ4n) is 2.86. The molecule has 1 fully saturated rings. The third kappa shape index (κ3) is 2.72. The first kappa shape index (κ1) is 16.9. The minimum Gasteiger partial charge on any atom is -0.342 e. The van der Waals surface area contributed by atoms with Gasteiger partial charge < -0.3 is 14.0 Å². The molecule has 2 aromatic heterocycles. The molecule has 0 unspecified atom stereocenters. The van der Waals surface area contributed by atoms with Gasteiger partial charge in [0.15, 0.2) is 0 Å². The molecule has 4 rings (SSSR count). The highest BCUT2D eigenvalue weighted by Crippen LogP contribution is 2.33. The van der Waals surface area contributed by atoms with Crippen molar-refractivity contribution in [3.05, 3.63) is 68.6 Å². The molecule has 0 aliphatic carbocycles. The number of aromatic nitrogens is 3. The summed E-state index contributed by atoms with van der Waals surface area (Å²) in [6.45, 7) is 6.40. The molecule has 0 N–H and O–H groups in total. The second-order valence-electron chi connectivity index (χ2n) is 6.25. The quantitative estimate of drug-likeness (QED) is 0.645. The van der Waals surface area contributed by atoms with Crippen LogP contribution in [0.3, 0.4) is 0 Å². The predicted molar refractivity (Wildman–Crippen MR) is 99.0 cm³/mol. The zero-order valence-corrected chi connectivity index (χ0v) is 15.2. The van der Waals surface area contributed by atoms with Gasteiger partial charge in [0.05, 0.1) is 23.6 Å². The van der Waals surface area contributed by atoms with Gasteiger partial charge in [0.2, 0.25) is 6.29 Å². The molecule has 1 aliphatic heterocycles. The van der Waals surface area contributed by atoms with E-state index in [1.54, 1.807) is 26.1 Å². The molecule has 3 heterocycles. The molecule has 0 spiro atoms. The van der Waals surface area contributed by atoms with Crippen molar-refractivity contribution in [1.82, 2.24) is 13.5 Å². The number of ether oxygens (including phenoxy) is 2. The van der Waals surface area contributed by atoms with Crippen LogP contribution in [0.15, 0.2) is 46.0 Å². The van der Waals surface area contributed by atoms with Crippen molar-refractivity contribution in [2.45, 2.75) is 13.2 Å². The summed E-state index contributed by atoms with van der Waals surface area (Å²) in [5.74, 6) is 0. The molecule has 0 atom stereocenters. The van der Waals surface area contributed by atoms with Gasteiger partial charge in [-0.3, -0.25) is 4.79 Å². The van der Waals surface area contributed by atoms with Crippen LogP contribution in [0.25, 0.3) is 15.8 Å². The van der Waals surface area contributed by atoms with Gasteiger partial charge in [-0.2, -0.15) is 4.37 Å². The lowest BCUT2D eigenvalue weighted by atomic mass is 10.2. The highest BCUT2D eigenvalue weighted by atomic mass is 32.1. The van der Waals surface area contributed by atoms with Gasteiger partial charge in [0, 0.05) is 24.2 Å². The molecule has 8 heteroatoms. The van der Waals surface area contributed by atoms with Gasteiger partial charge in [0.1, 0.15) is 5.69 Å². The number of hydrogen-bond donors (Lipinski definition) is 0. The third-order valence-electron chi connectivity index (χ3n) is 4.40. The minimum atomic E-state index is -0.581. The first-order valence-corrected chi connectivity index (χ1v) is 8.82. The molecule has 134 valence electrons. The minimum absolute atomic E-state index is 0.365. The summed E-state index contributed by atoms with van der Waals surface area (Å²) < 4.78 is 19.3. The lowest BCUT2D eigenvalue weighted by molar-refractivity contribution is -0.161. The lowest BCUT2D eigenvalue weighted by Gasteiger charge is -2.23. The zero-order chi connectivity index (χ0) is 18.4. The Bertz CT molecular complexity index is 1130. The molecule has 3 aromatic rings. The molecule has 7 nitrogen and oxygen atoms in total. The number of nitrogens with zero attached hydrogens (tertiary/aromatic N) is 3. The van der Waals surface area contributed by atoms with Gasteiger partial charge in [-0.25, -0.2) is 9.36 Å². The Kier molecular flexibility index (Phi) is 4.10. The van der Waals surface area contributed by atoms with Crippen molar-refractivity contribution in [3.63, 3.8) is 0 Å². The molecular formula is C18H17N3O4S. The monoisotopic (exact) mass is 371 g/mol. The van der Waals surface area contributed by atoms with E-state index in [-0.39, 0.29) is 11.2 Å².